The van der Waals surface area contributed by atoms with Crippen LogP contribution in [0.5, 0.6) is 5.75 Å². The molecular formula is C26H21NO2. The molecule has 0 aliphatic carbocycles. The molecule has 1 N–H and O–H groups in total. The van der Waals surface area contributed by atoms with Crippen molar-refractivity contribution in [3.63, 3.8) is 0 Å². The van der Waals surface area contributed by atoms with E-state index < -0.39 is 6.10 Å². The number of hydrogen-bond acceptors (Lipinski definition) is 3. The highest BCUT2D eigenvalue weighted by Gasteiger charge is 2.16. The van der Waals surface area contributed by atoms with Gasteiger partial charge in [0.1, 0.15) is 17.6 Å². The topological polar surface area (TPSA) is 42.4 Å². The van der Waals surface area contributed by atoms with Crippen molar-refractivity contribution >= 4 is 6.08 Å². The summed E-state index contributed by atoms with van der Waals surface area (Å²) in [7, 11) is 0. The first kappa shape index (κ1) is 18.7. The second kappa shape index (κ2) is 9.00. The van der Waals surface area contributed by atoms with E-state index in [4.69, 9.17) is 4.74 Å². The van der Waals surface area contributed by atoms with Gasteiger partial charge in [-0.2, -0.15) is 0 Å². The summed E-state index contributed by atoms with van der Waals surface area (Å²) in [6, 6.07) is 31.3. The molecule has 0 amide bonds. The Balaban J connectivity index is 1.62. The molecule has 1 atom stereocenters. The van der Waals surface area contributed by atoms with Gasteiger partial charge in [0.15, 0.2) is 0 Å². The van der Waals surface area contributed by atoms with Crippen molar-refractivity contribution < 1.29 is 9.84 Å². The van der Waals surface area contributed by atoms with Gasteiger partial charge in [0.2, 0.25) is 0 Å². The van der Waals surface area contributed by atoms with Crippen LogP contribution in [0.4, 0.5) is 0 Å². The molecule has 1 heterocycles. The van der Waals surface area contributed by atoms with Gasteiger partial charge in [0.25, 0.3) is 0 Å². The maximum absolute atomic E-state index is 10.9. The fraction of sp³-hybridized carbons (Fsp3) is 0.0385. The van der Waals surface area contributed by atoms with Crippen LogP contribution >= 0.6 is 0 Å². The zero-order chi connectivity index (χ0) is 19.9. The number of hydrogen-bond donors (Lipinski definition) is 1. The van der Waals surface area contributed by atoms with E-state index in [2.05, 4.69) is 17.1 Å². The number of benzene rings is 3. The van der Waals surface area contributed by atoms with Gasteiger partial charge in [-0.3, -0.25) is 4.98 Å². The second-order valence-corrected chi connectivity index (χ2v) is 6.64. The fourth-order valence-corrected chi connectivity index (χ4v) is 3.07. The van der Waals surface area contributed by atoms with Crippen molar-refractivity contribution in [2.75, 3.05) is 0 Å². The lowest BCUT2D eigenvalue weighted by molar-refractivity contribution is 0.165. The summed E-state index contributed by atoms with van der Waals surface area (Å²) >= 11 is 0. The number of rotatable bonds is 6. The third-order valence-electron chi connectivity index (χ3n) is 4.58. The number of pyridine rings is 1. The molecule has 0 aliphatic rings. The molecule has 1 aromatic heterocycles. The van der Waals surface area contributed by atoms with E-state index in [9.17, 15) is 5.11 Å². The van der Waals surface area contributed by atoms with Gasteiger partial charge in [-0.15, -0.1) is 0 Å². The third-order valence-corrected chi connectivity index (χ3v) is 4.58. The Labute approximate surface area is 170 Å². The summed E-state index contributed by atoms with van der Waals surface area (Å²) in [4.78, 5) is 4.14. The van der Waals surface area contributed by atoms with Crippen molar-refractivity contribution in [1.82, 2.24) is 4.98 Å². The molecule has 1 unspecified atom stereocenters. The molecule has 4 aromatic rings. The number of aromatic nitrogens is 1. The lowest BCUT2D eigenvalue weighted by atomic mass is 10.1. The molecule has 0 saturated heterocycles. The van der Waals surface area contributed by atoms with Crippen LogP contribution in [0, 0.1) is 0 Å². The average molecular weight is 379 g/mol. The average Bonchev–Trinajstić information content (AvgIpc) is 2.80. The first-order valence-electron chi connectivity index (χ1n) is 9.47. The molecule has 3 nitrogen and oxygen atoms in total. The molecule has 142 valence electrons. The maximum Gasteiger partial charge on any atom is 0.138 e. The van der Waals surface area contributed by atoms with E-state index >= 15 is 0 Å². The normalized spacial score (nSPS) is 12.4. The lowest BCUT2D eigenvalue weighted by Gasteiger charge is -2.17. The summed E-state index contributed by atoms with van der Waals surface area (Å²) in [6.45, 7) is 0. The van der Waals surface area contributed by atoms with Crippen molar-refractivity contribution in [1.29, 1.82) is 0 Å². The van der Waals surface area contributed by atoms with Crippen LogP contribution in [0.2, 0.25) is 0 Å². The first-order valence-corrected chi connectivity index (χ1v) is 9.47. The number of ether oxygens (including phenoxy) is 1. The zero-order valence-electron chi connectivity index (χ0n) is 15.8. The largest absolute Gasteiger partial charge is 0.459 e. The minimum absolute atomic E-state index is 0.441. The standard InChI is InChI=1S/C26H21NO2/c28-26(23-11-5-2-6-12-23)25(18-20-8-7-17-27-19-20)29-24-15-13-22(14-16-24)21-9-3-1-4-10-21/h1-19,26,28H/b25-18+. The monoisotopic (exact) mass is 379 g/mol. The van der Waals surface area contributed by atoms with E-state index in [0.29, 0.717) is 11.5 Å². The molecule has 0 fully saturated rings. The quantitative estimate of drug-likeness (QED) is 0.424. The van der Waals surface area contributed by atoms with Gasteiger partial charge in [0, 0.05) is 12.4 Å². The lowest BCUT2D eigenvalue weighted by Crippen LogP contribution is -2.08. The van der Waals surface area contributed by atoms with Crippen molar-refractivity contribution in [3.05, 3.63) is 126 Å². The van der Waals surface area contributed by atoms with E-state index in [1.54, 1.807) is 12.4 Å². The molecule has 0 saturated carbocycles. The van der Waals surface area contributed by atoms with Crippen LogP contribution < -0.4 is 4.74 Å². The van der Waals surface area contributed by atoms with E-state index in [-0.39, 0.29) is 0 Å². The van der Waals surface area contributed by atoms with Gasteiger partial charge in [-0.25, -0.2) is 0 Å². The summed E-state index contributed by atoms with van der Waals surface area (Å²) in [6.07, 6.45) is 4.38. The molecule has 0 bridgehead atoms. The SMILES string of the molecule is OC(/C(=C\c1cccnc1)Oc1ccc(-c2ccccc2)cc1)c1ccccc1. The van der Waals surface area contributed by atoms with E-state index in [1.807, 2.05) is 91.0 Å². The summed E-state index contributed by atoms with van der Waals surface area (Å²) in [5.74, 6) is 1.10. The van der Waals surface area contributed by atoms with Crippen molar-refractivity contribution in [2.45, 2.75) is 6.10 Å². The molecule has 0 aliphatic heterocycles. The van der Waals surface area contributed by atoms with Crippen molar-refractivity contribution in [2.24, 2.45) is 0 Å². The molecular weight excluding hydrogens is 358 g/mol. The summed E-state index contributed by atoms with van der Waals surface area (Å²) in [5, 5.41) is 10.9. The molecule has 4 rings (SSSR count). The fourth-order valence-electron chi connectivity index (χ4n) is 3.07. The summed E-state index contributed by atoms with van der Waals surface area (Å²) in [5.41, 5.74) is 3.88. The Hall–Kier alpha value is -3.69. The number of aliphatic hydroxyl groups excluding tert-OH is 1. The Morgan fingerprint density at radius 1 is 0.759 bits per heavy atom. The molecule has 0 spiro atoms. The summed E-state index contributed by atoms with van der Waals surface area (Å²) < 4.78 is 6.11. The molecule has 0 radical (unpaired) electrons. The van der Waals surface area contributed by atoms with E-state index in [1.165, 1.54) is 0 Å². The van der Waals surface area contributed by atoms with E-state index in [0.717, 1.165) is 22.3 Å². The van der Waals surface area contributed by atoms with Crippen LogP contribution in [0.3, 0.4) is 0 Å². The molecule has 3 aromatic carbocycles. The van der Waals surface area contributed by atoms with Crippen LogP contribution in [0.1, 0.15) is 17.2 Å². The third kappa shape index (κ3) is 4.78. The maximum atomic E-state index is 10.9. The Morgan fingerprint density at radius 2 is 1.41 bits per heavy atom. The molecule has 3 heteroatoms. The second-order valence-electron chi connectivity index (χ2n) is 6.64. The van der Waals surface area contributed by atoms with Gasteiger partial charge in [-0.1, -0.05) is 78.9 Å². The van der Waals surface area contributed by atoms with Gasteiger partial charge in [0.05, 0.1) is 0 Å². The zero-order valence-corrected chi connectivity index (χ0v) is 15.8. The minimum atomic E-state index is -0.884. The highest BCUT2D eigenvalue weighted by molar-refractivity contribution is 5.64. The Bertz CT molecular complexity index is 1060. The van der Waals surface area contributed by atoms with Gasteiger partial charge in [-0.05, 0) is 46.5 Å². The molecule has 29 heavy (non-hydrogen) atoms. The highest BCUT2D eigenvalue weighted by atomic mass is 16.5. The van der Waals surface area contributed by atoms with Gasteiger partial charge >= 0.3 is 0 Å². The highest BCUT2D eigenvalue weighted by Crippen LogP contribution is 2.28. The number of aliphatic hydroxyl groups is 1. The van der Waals surface area contributed by atoms with Crippen LogP contribution in [-0.2, 0) is 0 Å². The van der Waals surface area contributed by atoms with Crippen LogP contribution in [0.25, 0.3) is 17.2 Å². The van der Waals surface area contributed by atoms with Crippen LogP contribution in [-0.4, -0.2) is 10.1 Å². The Morgan fingerprint density at radius 3 is 2.07 bits per heavy atom. The predicted octanol–water partition coefficient (Wildman–Crippen LogP) is 5.90. The number of nitrogens with zero attached hydrogens (tertiary/aromatic N) is 1. The van der Waals surface area contributed by atoms with Crippen LogP contribution in [0.15, 0.2) is 115 Å². The first-order chi connectivity index (χ1) is 14.3. The predicted molar refractivity (Wildman–Crippen MR) is 116 cm³/mol. The minimum Gasteiger partial charge on any atom is -0.459 e. The Kier molecular flexibility index (Phi) is 5.79. The smallest absolute Gasteiger partial charge is 0.138 e. The van der Waals surface area contributed by atoms with Gasteiger partial charge < -0.3 is 9.84 Å². The van der Waals surface area contributed by atoms with Crippen molar-refractivity contribution in [3.8, 4) is 16.9 Å².